The van der Waals surface area contributed by atoms with Gasteiger partial charge in [-0.3, -0.25) is 4.79 Å². The summed E-state index contributed by atoms with van der Waals surface area (Å²) in [6.07, 6.45) is 0.515. The Morgan fingerprint density at radius 3 is 2.62 bits per heavy atom. The van der Waals surface area contributed by atoms with Gasteiger partial charge in [-0.2, -0.15) is 5.26 Å². The van der Waals surface area contributed by atoms with E-state index in [-0.39, 0.29) is 18.9 Å². The molecule has 0 fully saturated rings. The lowest BCUT2D eigenvalue weighted by atomic mass is 9.93. The van der Waals surface area contributed by atoms with E-state index in [1.807, 2.05) is 24.3 Å². The van der Waals surface area contributed by atoms with Crippen LogP contribution in [-0.2, 0) is 24.2 Å². The van der Waals surface area contributed by atoms with Crippen LogP contribution in [0.4, 0.5) is 0 Å². The fraction of sp³-hybridized carbons (Fsp3) is 0.211. The van der Waals surface area contributed by atoms with Crippen LogP contribution >= 0.6 is 0 Å². The number of carbonyl (C=O) groups is 2. The van der Waals surface area contributed by atoms with Crippen molar-refractivity contribution >= 4 is 11.9 Å². The number of carboxylic acids is 1. The van der Waals surface area contributed by atoms with Gasteiger partial charge in [0.25, 0.3) is 5.91 Å². The highest BCUT2D eigenvalue weighted by molar-refractivity contribution is 5.97. The molecule has 0 spiro atoms. The van der Waals surface area contributed by atoms with Gasteiger partial charge in [0.1, 0.15) is 6.04 Å². The number of hydrogen-bond acceptors (Lipinski definition) is 3. The van der Waals surface area contributed by atoms with E-state index < -0.39 is 12.0 Å². The Bertz CT molecular complexity index is 839. The molecule has 1 aliphatic rings. The molecule has 3 rings (SSSR count). The molecule has 1 atom stereocenters. The second kappa shape index (κ2) is 6.55. The average molecular weight is 320 g/mol. The van der Waals surface area contributed by atoms with Crippen LogP contribution in [0.25, 0.3) is 0 Å². The van der Waals surface area contributed by atoms with Gasteiger partial charge in [0.2, 0.25) is 0 Å². The third kappa shape index (κ3) is 2.99. The second-order valence-corrected chi connectivity index (χ2v) is 5.80. The van der Waals surface area contributed by atoms with E-state index >= 15 is 0 Å². The molecule has 0 bridgehead atoms. The molecule has 0 radical (unpaired) electrons. The first-order valence-electron chi connectivity index (χ1n) is 7.66. The Kier molecular flexibility index (Phi) is 4.30. The number of nitrogens with zero attached hydrogens (tertiary/aromatic N) is 2. The SMILES string of the molecule is N#CCc1cccc(C(=O)N2Cc3ccccc3C[C@@H]2C(=O)O)c1. The Morgan fingerprint density at radius 1 is 1.17 bits per heavy atom. The van der Waals surface area contributed by atoms with Crippen molar-refractivity contribution in [1.82, 2.24) is 4.90 Å². The van der Waals surface area contributed by atoms with E-state index in [9.17, 15) is 14.7 Å². The smallest absolute Gasteiger partial charge is 0.326 e. The van der Waals surface area contributed by atoms with Gasteiger partial charge in [-0.25, -0.2) is 4.79 Å². The van der Waals surface area contributed by atoms with Gasteiger partial charge in [0.05, 0.1) is 12.5 Å². The molecule has 2 aromatic rings. The van der Waals surface area contributed by atoms with Gasteiger partial charge in [0, 0.05) is 18.5 Å². The molecule has 0 aromatic heterocycles. The number of carbonyl (C=O) groups excluding carboxylic acids is 1. The number of aliphatic carboxylic acids is 1. The minimum absolute atomic E-state index is 0.215. The fourth-order valence-electron chi connectivity index (χ4n) is 3.03. The lowest BCUT2D eigenvalue weighted by molar-refractivity contribution is -0.142. The van der Waals surface area contributed by atoms with Crippen LogP contribution in [-0.4, -0.2) is 27.9 Å². The molecule has 0 aliphatic carbocycles. The number of benzene rings is 2. The predicted octanol–water partition coefficient (Wildman–Crippen LogP) is 2.40. The maximum Gasteiger partial charge on any atom is 0.326 e. The van der Waals surface area contributed by atoms with E-state index in [1.165, 1.54) is 4.90 Å². The summed E-state index contributed by atoms with van der Waals surface area (Å²) in [5, 5.41) is 18.3. The number of amides is 1. The molecule has 5 nitrogen and oxygen atoms in total. The molecule has 1 amide bonds. The lowest BCUT2D eigenvalue weighted by Crippen LogP contribution is -2.48. The monoisotopic (exact) mass is 320 g/mol. The topological polar surface area (TPSA) is 81.4 Å². The quantitative estimate of drug-likeness (QED) is 0.941. The highest BCUT2D eigenvalue weighted by atomic mass is 16.4. The molecule has 120 valence electrons. The van der Waals surface area contributed by atoms with Crippen molar-refractivity contribution in [2.45, 2.75) is 25.4 Å². The predicted molar refractivity (Wildman–Crippen MR) is 87.2 cm³/mol. The Hall–Kier alpha value is -3.13. The zero-order valence-electron chi connectivity index (χ0n) is 13.0. The van der Waals surface area contributed by atoms with E-state index in [2.05, 4.69) is 6.07 Å². The first kappa shape index (κ1) is 15.8. The average Bonchev–Trinajstić information content (AvgIpc) is 2.60. The van der Waals surface area contributed by atoms with E-state index in [1.54, 1.807) is 24.3 Å². The maximum atomic E-state index is 12.9. The van der Waals surface area contributed by atoms with Crippen molar-refractivity contribution in [2.24, 2.45) is 0 Å². The van der Waals surface area contributed by atoms with Crippen molar-refractivity contribution in [1.29, 1.82) is 5.26 Å². The number of nitriles is 1. The largest absolute Gasteiger partial charge is 0.480 e. The summed E-state index contributed by atoms with van der Waals surface area (Å²) in [4.78, 5) is 25.9. The van der Waals surface area contributed by atoms with Gasteiger partial charge in [-0.05, 0) is 28.8 Å². The van der Waals surface area contributed by atoms with Crippen LogP contribution in [0.3, 0.4) is 0 Å². The fourth-order valence-corrected chi connectivity index (χ4v) is 3.03. The summed E-state index contributed by atoms with van der Waals surface area (Å²) in [7, 11) is 0. The van der Waals surface area contributed by atoms with Gasteiger partial charge >= 0.3 is 5.97 Å². The zero-order chi connectivity index (χ0) is 17.1. The van der Waals surface area contributed by atoms with Crippen molar-refractivity contribution < 1.29 is 14.7 Å². The summed E-state index contributed by atoms with van der Waals surface area (Å²) in [5.74, 6) is -1.33. The third-order valence-electron chi connectivity index (χ3n) is 4.25. The summed E-state index contributed by atoms with van der Waals surface area (Å²) < 4.78 is 0. The first-order valence-corrected chi connectivity index (χ1v) is 7.66. The van der Waals surface area contributed by atoms with Crippen molar-refractivity contribution in [3.63, 3.8) is 0 Å². The van der Waals surface area contributed by atoms with Crippen LogP contribution < -0.4 is 0 Å². The standard InChI is InChI=1S/C19H16N2O3/c20-9-8-13-4-3-7-15(10-13)18(22)21-12-16-6-2-1-5-14(16)11-17(21)19(23)24/h1-7,10,17H,8,11-12H2,(H,23,24)/t17-/m1/s1. The van der Waals surface area contributed by atoms with Crippen molar-refractivity contribution in [3.8, 4) is 6.07 Å². The highest BCUT2D eigenvalue weighted by Crippen LogP contribution is 2.25. The molecule has 5 heteroatoms. The summed E-state index contributed by atoms with van der Waals surface area (Å²) in [6.45, 7) is 0.272. The molecule has 1 aliphatic heterocycles. The van der Waals surface area contributed by atoms with Crippen LogP contribution in [0, 0.1) is 11.3 Å². The molecule has 1 heterocycles. The third-order valence-corrected chi connectivity index (χ3v) is 4.25. The highest BCUT2D eigenvalue weighted by Gasteiger charge is 2.34. The summed E-state index contributed by atoms with van der Waals surface area (Å²) >= 11 is 0. The number of carboxylic acid groups (broad SMARTS) is 1. The van der Waals surface area contributed by atoms with Gasteiger partial charge in [0.15, 0.2) is 0 Å². The molecule has 0 saturated heterocycles. The molecule has 24 heavy (non-hydrogen) atoms. The normalized spacial score (nSPS) is 16.1. The Morgan fingerprint density at radius 2 is 1.92 bits per heavy atom. The van der Waals surface area contributed by atoms with Crippen molar-refractivity contribution in [3.05, 3.63) is 70.8 Å². The van der Waals surface area contributed by atoms with Crippen LogP contribution in [0.1, 0.15) is 27.0 Å². The second-order valence-electron chi connectivity index (χ2n) is 5.80. The minimum Gasteiger partial charge on any atom is -0.480 e. The molecule has 0 saturated carbocycles. The minimum atomic E-state index is -1.01. The van der Waals surface area contributed by atoms with E-state index in [0.717, 1.165) is 16.7 Å². The zero-order valence-corrected chi connectivity index (χ0v) is 13.0. The summed E-state index contributed by atoms with van der Waals surface area (Å²) in [5.41, 5.74) is 3.09. The molecule has 2 aromatic carbocycles. The molecular weight excluding hydrogens is 304 g/mol. The number of fused-ring (bicyclic) bond motifs is 1. The van der Waals surface area contributed by atoms with Gasteiger partial charge in [-0.15, -0.1) is 0 Å². The maximum absolute atomic E-state index is 12.9. The number of hydrogen-bond donors (Lipinski definition) is 1. The van der Waals surface area contributed by atoms with E-state index in [0.29, 0.717) is 12.0 Å². The van der Waals surface area contributed by atoms with Gasteiger partial charge in [-0.1, -0.05) is 36.4 Å². The first-order chi connectivity index (χ1) is 11.6. The lowest BCUT2D eigenvalue weighted by Gasteiger charge is -2.34. The molecule has 1 N–H and O–H groups in total. The van der Waals surface area contributed by atoms with Crippen LogP contribution in [0.15, 0.2) is 48.5 Å². The molecular formula is C19H16N2O3. The van der Waals surface area contributed by atoms with Crippen molar-refractivity contribution in [2.75, 3.05) is 0 Å². The summed E-state index contributed by atoms with van der Waals surface area (Å²) in [6, 6.07) is 15.6. The van der Waals surface area contributed by atoms with Crippen LogP contribution in [0.2, 0.25) is 0 Å². The van der Waals surface area contributed by atoms with Crippen LogP contribution in [0.5, 0.6) is 0 Å². The number of rotatable bonds is 3. The Balaban J connectivity index is 1.94. The molecule has 0 unspecified atom stereocenters. The van der Waals surface area contributed by atoms with Gasteiger partial charge < -0.3 is 10.0 Å². The van der Waals surface area contributed by atoms with E-state index in [4.69, 9.17) is 5.26 Å². The Labute approximate surface area is 139 Å².